The second kappa shape index (κ2) is 6.44. The molecule has 1 aromatic rings. The Morgan fingerprint density at radius 1 is 1.58 bits per heavy atom. The number of carboxylic acid groups (broad SMARTS) is 1. The summed E-state index contributed by atoms with van der Waals surface area (Å²) in [6.07, 6.45) is 0.457. The van der Waals surface area contributed by atoms with Crippen molar-refractivity contribution in [3.8, 4) is 0 Å². The number of nitro groups is 1. The van der Waals surface area contributed by atoms with E-state index >= 15 is 0 Å². The Kier molecular flexibility index (Phi) is 4.94. The van der Waals surface area contributed by atoms with Crippen molar-refractivity contribution in [2.75, 3.05) is 6.54 Å². The first kappa shape index (κ1) is 14.6. The lowest BCUT2D eigenvalue weighted by atomic mass is 10.2. The summed E-state index contributed by atoms with van der Waals surface area (Å²) in [5, 5.41) is 33.7. The molecular weight excluding hydrogens is 260 g/mol. The molecule has 0 fully saturated rings. The Hall–Kier alpha value is -2.49. The summed E-state index contributed by atoms with van der Waals surface area (Å²) in [6, 6.07) is 0. The van der Waals surface area contributed by atoms with E-state index in [0.717, 1.165) is 17.1 Å². The van der Waals surface area contributed by atoms with Gasteiger partial charge in [-0.3, -0.25) is 19.6 Å². The zero-order valence-corrected chi connectivity index (χ0v) is 9.72. The topological polar surface area (TPSA) is 148 Å². The summed E-state index contributed by atoms with van der Waals surface area (Å²) in [6.45, 7) is -0.243. The van der Waals surface area contributed by atoms with Crippen LogP contribution < -0.4 is 5.32 Å². The van der Waals surface area contributed by atoms with Crippen molar-refractivity contribution in [1.29, 1.82) is 0 Å². The van der Waals surface area contributed by atoms with E-state index in [4.69, 9.17) is 10.2 Å². The molecule has 1 amide bonds. The largest absolute Gasteiger partial charge is 0.479 e. The molecule has 0 spiro atoms. The van der Waals surface area contributed by atoms with E-state index in [-0.39, 0.29) is 25.2 Å². The van der Waals surface area contributed by atoms with Gasteiger partial charge in [-0.25, -0.2) is 4.79 Å². The fraction of sp³-hybridized carbons (Fsp3) is 0.444. The minimum Gasteiger partial charge on any atom is -0.479 e. The minimum atomic E-state index is -1.54. The number of aromatic nitrogens is 2. The Labute approximate surface area is 106 Å². The summed E-state index contributed by atoms with van der Waals surface area (Å²) in [5.74, 6) is -1.85. The van der Waals surface area contributed by atoms with Gasteiger partial charge in [-0.2, -0.15) is 5.10 Å². The zero-order valence-electron chi connectivity index (χ0n) is 9.72. The number of nitrogens with one attached hydrogen (secondary N) is 1. The number of nitrogens with zero attached hydrogens (tertiary/aromatic N) is 3. The lowest BCUT2D eigenvalue weighted by Gasteiger charge is -2.07. The van der Waals surface area contributed by atoms with Crippen molar-refractivity contribution in [3.63, 3.8) is 0 Å². The van der Waals surface area contributed by atoms with E-state index in [1.54, 1.807) is 0 Å². The normalized spacial score (nSPS) is 11.8. The van der Waals surface area contributed by atoms with Gasteiger partial charge in [-0.15, -0.1) is 0 Å². The van der Waals surface area contributed by atoms with Crippen LogP contribution in [0.15, 0.2) is 12.4 Å². The molecular formula is C9H12N4O6. The molecule has 104 valence electrons. The number of aliphatic carboxylic acids is 1. The van der Waals surface area contributed by atoms with Crippen LogP contribution in [0, 0.1) is 10.1 Å². The molecule has 3 N–H and O–H groups in total. The maximum atomic E-state index is 11.4. The molecule has 0 saturated heterocycles. The average molecular weight is 272 g/mol. The summed E-state index contributed by atoms with van der Waals surface area (Å²) in [4.78, 5) is 31.4. The SMILES string of the molecule is O=C(Cn1cc([N+](=O)[O-])cn1)NCCC(O)C(=O)O. The molecule has 0 aliphatic rings. The van der Waals surface area contributed by atoms with Gasteiger partial charge < -0.3 is 15.5 Å². The van der Waals surface area contributed by atoms with Crippen molar-refractivity contribution < 1.29 is 24.7 Å². The Morgan fingerprint density at radius 2 is 2.26 bits per heavy atom. The Bertz CT molecular complexity index is 485. The standard InChI is InChI=1S/C9H12N4O6/c14-7(9(16)17)1-2-10-8(15)5-12-4-6(3-11-12)13(18)19/h3-4,7,14H,1-2,5H2,(H,10,15)(H,16,17). The highest BCUT2D eigenvalue weighted by atomic mass is 16.6. The second-order valence-electron chi connectivity index (χ2n) is 3.65. The van der Waals surface area contributed by atoms with Gasteiger partial charge in [0.05, 0.1) is 4.92 Å². The van der Waals surface area contributed by atoms with Crippen LogP contribution in [0.2, 0.25) is 0 Å². The second-order valence-corrected chi connectivity index (χ2v) is 3.65. The quantitative estimate of drug-likeness (QED) is 0.414. The van der Waals surface area contributed by atoms with Gasteiger partial charge >= 0.3 is 11.7 Å². The fourth-order valence-corrected chi connectivity index (χ4v) is 1.21. The van der Waals surface area contributed by atoms with Crippen molar-refractivity contribution in [2.24, 2.45) is 0 Å². The monoisotopic (exact) mass is 272 g/mol. The van der Waals surface area contributed by atoms with Crippen molar-refractivity contribution in [1.82, 2.24) is 15.1 Å². The van der Waals surface area contributed by atoms with Crippen LogP contribution in [0.5, 0.6) is 0 Å². The van der Waals surface area contributed by atoms with Gasteiger partial charge in [-0.05, 0) is 0 Å². The maximum Gasteiger partial charge on any atom is 0.332 e. The molecule has 1 unspecified atom stereocenters. The number of carboxylic acids is 1. The highest BCUT2D eigenvalue weighted by molar-refractivity contribution is 5.76. The predicted octanol–water partition coefficient (Wildman–Crippen LogP) is -1.26. The summed E-state index contributed by atoms with van der Waals surface area (Å²) < 4.78 is 1.08. The number of aliphatic hydroxyl groups is 1. The predicted molar refractivity (Wildman–Crippen MR) is 60.2 cm³/mol. The third-order valence-corrected chi connectivity index (χ3v) is 2.16. The van der Waals surface area contributed by atoms with Gasteiger partial charge in [0.2, 0.25) is 5.91 Å². The summed E-state index contributed by atoms with van der Waals surface area (Å²) in [7, 11) is 0. The van der Waals surface area contributed by atoms with Crippen LogP contribution in [-0.4, -0.2) is 49.4 Å². The number of carbonyl (C=O) groups excluding carboxylic acids is 1. The van der Waals surface area contributed by atoms with Crippen LogP contribution in [0.3, 0.4) is 0 Å². The lowest BCUT2D eigenvalue weighted by Crippen LogP contribution is -2.32. The number of carbonyl (C=O) groups is 2. The molecule has 0 saturated carbocycles. The van der Waals surface area contributed by atoms with Crippen LogP contribution in [0.4, 0.5) is 5.69 Å². The first-order valence-corrected chi connectivity index (χ1v) is 5.24. The third-order valence-electron chi connectivity index (χ3n) is 2.16. The first-order chi connectivity index (χ1) is 8.90. The van der Waals surface area contributed by atoms with Gasteiger partial charge in [0.1, 0.15) is 18.9 Å². The van der Waals surface area contributed by atoms with Crippen LogP contribution in [0.1, 0.15) is 6.42 Å². The van der Waals surface area contributed by atoms with Gasteiger partial charge in [0.15, 0.2) is 6.10 Å². The van der Waals surface area contributed by atoms with Crippen molar-refractivity contribution in [2.45, 2.75) is 19.1 Å². The number of hydrogen-bond donors (Lipinski definition) is 3. The number of amides is 1. The molecule has 10 nitrogen and oxygen atoms in total. The number of rotatable bonds is 7. The number of aliphatic hydroxyl groups excluding tert-OH is 1. The molecule has 0 aromatic carbocycles. The van der Waals surface area contributed by atoms with Gasteiger partial charge in [-0.1, -0.05) is 0 Å². The highest BCUT2D eigenvalue weighted by Gasteiger charge is 2.14. The minimum absolute atomic E-state index is 0.0182. The first-order valence-electron chi connectivity index (χ1n) is 5.24. The smallest absolute Gasteiger partial charge is 0.332 e. The maximum absolute atomic E-state index is 11.4. The van der Waals surface area contributed by atoms with Gasteiger partial charge in [0.25, 0.3) is 0 Å². The lowest BCUT2D eigenvalue weighted by molar-refractivity contribution is -0.385. The van der Waals surface area contributed by atoms with Gasteiger partial charge in [0, 0.05) is 13.0 Å². The molecule has 1 rings (SSSR count). The van der Waals surface area contributed by atoms with Crippen LogP contribution in [-0.2, 0) is 16.1 Å². The van der Waals surface area contributed by atoms with Crippen LogP contribution >= 0.6 is 0 Å². The van der Waals surface area contributed by atoms with Crippen molar-refractivity contribution in [3.05, 3.63) is 22.5 Å². The summed E-state index contributed by atoms with van der Waals surface area (Å²) >= 11 is 0. The zero-order chi connectivity index (χ0) is 14.4. The summed E-state index contributed by atoms with van der Waals surface area (Å²) in [5.41, 5.74) is -0.228. The molecule has 19 heavy (non-hydrogen) atoms. The molecule has 0 bridgehead atoms. The molecule has 0 aliphatic carbocycles. The third kappa shape index (κ3) is 4.71. The van der Waals surface area contributed by atoms with Crippen molar-refractivity contribution >= 4 is 17.6 Å². The average Bonchev–Trinajstić information content (AvgIpc) is 2.77. The molecule has 0 radical (unpaired) electrons. The van der Waals surface area contributed by atoms with E-state index in [1.165, 1.54) is 0 Å². The van der Waals surface area contributed by atoms with E-state index in [9.17, 15) is 19.7 Å². The molecule has 0 aliphatic heterocycles. The fourth-order valence-electron chi connectivity index (χ4n) is 1.21. The molecule has 10 heteroatoms. The van der Waals surface area contributed by atoms with E-state index in [2.05, 4.69) is 10.4 Å². The molecule has 1 aromatic heterocycles. The molecule has 1 heterocycles. The van der Waals surface area contributed by atoms with E-state index < -0.39 is 22.9 Å². The Balaban J connectivity index is 2.34. The molecule has 1 atom stereocenters. The highest BCUT2D eigenvalue weighted by Crippen LogP contribution is 2.07. The van der Waals surface area contributed by atoms with E-state index in [1.807, 2.05) is 0 Å². The van der Waals surface area contributed by atoms with E-state index in [0.29, 0.717) is 0 Å². The Morgan fingerprint density at radius 3 is 2.79 bits per heavy atom. The van der Waals surface area contributed by atoms with Crippen LogP contribution in [0.25, 0.3) is 0 Å². The number of hydrogen-bond acceptors (Lipinski definition) is 6.